The first kappa shape index (κ1) is 28.1. The van der Waals surface area contributed by atoms with E-state index in [0.29, 0.717) is 0 Å². The topological polar surface area (TPSA) is 0 Å². The van der Waals surface area contributed by atoms with E-state index in [-0.39, 0.29) is 0 Å². The van der Waals surface area contributed by atoms with Crippen LogP contribution in [0.4, 0.5) is 0 Å². The molecule has 0 nitrogen and oxygen atoms in total. The lowest BCUT2D eigenvalue weighted by molar-refractivity contribution is 1.69. The standard InChI is InChI=1S/C48H28S2/c1-3-11-31-23-33(19-17-29(31)9-1)43-28-49-44-26-41-36-22-21-35(25-45(36)50-46(41)27-42(43)44)48-39-15-7-5-13-37(39)47(38-14-6-8-16-40(38)48)34-20-18-30-10-2-4-12-32(30)24-34/h1-28H. The molecular weight excluding hydrogens is 641 g/mol. The van der Waals surface area contributed by atoms with Gasteiger partial charge in [-0.3, -0.25) is 0 Å². The summed E-state index contributed by atoms with van der Waals surface area (Å²) in [5.74, 6) is 0. The minimum atomic E-state index is 1.26. The average molecular weight is 669 g/mol. The van der Waals surface area contributed by atoms with Crippen molar-refractivity contribution in [3.8, 4) is 33.4 Å². The number of hydrogen-bond donors (Lipinski definition) is 0. The monoisotopic (exact) mass is 668 g/mol. The average Bonchev–Trinajstić information content (AvgIpc) is 3.75. The van der Waals surface area contributed by atoms with Gasteiger partial charge >= 0.3 is 0 Å². The Labute approximate surface area is 297 Å². The van der Waals surface area contributed by atoms with E-state index < -0.39 is 0 Å². The predicted molar refractivity (Wildman–Crippen MR) is 221 cm³/mol. The SMILES string of the molecule is c1ccc2cc(-c3csc4cc5c(cc34)sc3cc(-c4c6ccccc6c(-c6ccc7ccccc7c6)c6ccccc46)ccc35)ccc2c1. The van der Waals surface area contributed by atoms with Crippen LogP contribution >= 0.6 is 22.7 Å². The Bertz CT molecular complexity index is 3100. The zero-order chi connectivity index (χ0) is 32.8. The molecular formula is C48H28S2. The highest BCUT2D eigenvalue weighted by atomic mass is 32.1. The molecule has 9 aromatic carbocycles. The van der Waals surface area contributed by atoms with E-state index in [0.717, 1.165) is 0 Å². The quantitative estimate of drug-likeness (QED) is 0.164. The van der Waals surface area contributed by atoms with Crippen LogP contribution in [-0.2, 0) is 0 Å². The third-order valence-corrected chi connectivity index (χ3v) is 12.5. The number of fused-ring (bicyclic) bond motifs is 8. The van der Waals surface area contributed by atoms with Crippen molar-refractivity contribution in [2.24, 2.45) is 0 Å². The van der Waals surface area contributed by atoms with Crippen LogP contribution in [0.2, 0.25) is 0 Å². The smallest absolute Gasteiger partial charge is 0.0362 e. The Kier molecular flexibility index (Phi) is 6.09. The summed E-state index contributed by atoms with van der Waals surface area (Å²) >= 11 is 3.76. The first-order chi connectivity index (χ1) is 24.8. The molecule has 0 saturated carbocycles. The third kappa shape index (κ3) is 4.23. The van der Waals surface area contributed by atoms with Gasteiger partial charge in [0.1, 0.15) is 0 Å². The van der Waals surface area contributed by atoms with E-state index in [2.05, 4.69) is 169 Å². The van der Waals surface area contributed by atoms with E-state index in [1.807, 2.05) is 22.7 Å². The number of rotatable bonds is 3. The van der Waals surface area contributed by atoms with Crippen LogP contribution in [0.3, 0.4) is 0 Å². The second-order valence-electron chi connectivity index (χ2n) is 13.3. The molecule has 50 heavy (non-hydrogen) atoms. The predicted octanol–water partition coefficient (Wildman–Crippen LogP) is 14.9. The van der Waals surface area contributed by atoms with Gasteiger partial charge in [0.25, 0.3) is 0 Å². The zero-order valence-electron chi connectivity index (χ0n) is 27.0. The third-order valence-electron chi connectivity index (χ3n) is 10.5. The molecule has 232 valence electrons. The molecule has 2 heteroatoms. The van der Waals surface area contributed by atoms with Gasteiger partial charge in [0.15, 0.2) is 0 Å². The van der Waals surface area contributed by atoms with E-state index in [9.17, 15) is 0 Å². The minimum absolute atomic E-state index is 1.26. The van der Waals surface area contributed by atoms with Gasteiger partial charge in [-0.15, -0.1) is 22.7 Å². The van der Waals surface area contributed by atoms with E-state index in [4.69, 9.17) is 0 Å². The minimum Gasteiger partial charge on any atom is -0.143 e. The molecule has 0 atom stereocenters. The molecule has 11 aromatic rings. The molecule has 0 unspecified atom stereocenters. The zero-order valence-corrected chi connectivity index (χ0v) is 28.6. The van der Waals surface area contributed by atoms with Crippen LogP contribution in [-0.4, -0.2) is 0 Å². The summed E-state index contributed by atoms with van der Waals surface area (Å²) in [5.41, 5.74) is 7.73. The van der Waals surface area contributed by atoms with Crippen LogP contribution in [0.5, 0.6) is 0 Å². The van der Waals surface area contributed by atoms with Crippen molar-refractivity contribution >= 4 is 96.0 Å². The molecule has 0 amide bonds. The van der Waals surface area contributed by atoms with Crippen molar-refractivity contribution in [3.63, 3.8) is 0 Å². The van der Waals surface area contributed by atoms with Crippen molar-refractivity contribution < 1.29 is 0 Å². The fourth-order valence-corrected chi connectivity index (χ4v) is 10.3. The molecule has 0 saturated heterocycles. The molecule has 0 fully saturated rings. The summed E-state index contributed by atoms with van der Waals surface area (Å²) in [7, 11) is 0. The maximum Gasteiger partial charge on any atom is 0.0362 e. The maximum atomic E-state index is 2.43. The van der Waals surface area contributed by atoms with E-state index >= 15 is 0 Å². The summed E-state index contributed by atoms with van der Waals surface area (Å²) in [6, 6.07) is 60.9. The summed E-state index contributed by atoms with van der Waals surface area (Å²) < 4.78 is 4.01. The maximum absolute atomic E-state index is 2.43. The van der Waals surface area contributed by atoms with Crippen molar-refractivity contribution in [1.29, 1.82) is 0 Å². The fraction of sp³-hybridized carbons (Fsp3) is 0. The first-order valence-electron chi connectivity index (χ1n) is 17.1. The molecule has 0 spiro atoms. The van der Waals surface area contributed by atoms with Crippen LogP contribution in [0.15, 0.2) is 169 Å². The second-order valence-corrected chi connectivity index (χ2v) is 15.3. The molecule has 0 aliphatic carbocycles. The second kappa shape index (κ2) is 10.9. The van der Waals surface area contributed by atoms with E-state index in [1.54, 1.807) is 0 Å². The van der Waals surface area contributed by atoms with Crippen LogP contribution in [0.25, 0.3) is 107 Å². The molecule has 0 bridgehead atoms. The normalized spacial score (nSPS) is 12.0. The van der Waals surface area contributed by atoms with Gasteiger partial charge in [0.05, 0.1) is 0 Å². The molecule has 0 radical (unpaired) electrons. The number of thiophene rings is 2. The van der Waals surface area contributed by atoms with Crippen LogP contribution in [0.1, 0.15) is 0 Å². The van der Waals surface area contributed by atoms with Crippen molar-refractivity contribution in [2.75, 3.05) is 0 Å². The van der Waals surface area contributed by atoms with Gasteiger partial charge in [-0.25, -0.2) is 0 Å². The van der Waals surface area contributed by atoms with Crippen molar-refractivity contribution in [2.45, 2.75) is 0 Å². The van der Waals surface area contributed by atoms with Gasteiger partial charge in [0.2, 0.25) is 0 Å². The number of benzene rings is 9. The molecule has 2 heterocycles. The van der Waals surface area contributed by atoms with Gasteiger partial charge in [-0.05, 0) is 107 Å². The molecule has 0 aliphatic rings. The molecule has 11 rings (SSSR count). The Morgan fingerprint density at radius 3 is 1.42 bits per heavy atom. The summed E-state index contributed by atoms with van der Waals surface area (Å²) in [6.45, 7) is 0. The Hall–Kier alpha value is -5.80. The lowest BCUT2D eigenvalue weighted by atomic mass is 9.85. The molecule has 2 aromatic heterocycles. The fourth-order valence-electron chi connectivity index (χ4n) is 8.13. The highest BCUT2D eigenvalue weighted by molar-refractivity contribution is 7.26. The first-order valence-corrected chi connectivity index (χ1v) is 18.8. The van der Waals surface area contributed by atoms with Crippen molar-refractivity contribution in [3.05, 3.63) is 169 Å². The Morgan fingerprint density at radius 2 is 0.780 bits per heavy atom. The Balaban J connectivity index is 1.10. The lowest BCUT2D eigenvalue weighted by Crippen LogP contribution is -1.90. The summed E-state index contributed by atoms with van der Waals surface area (Å²) in [5, 5.41) is 16.6. The van der Waals surface area contributed by atoms with Gasteiger partial charge in [-0.2, -0.15) is 0 Å². The van der Waals surface area contributed by atoms with Crippen LogP contribution < -0.4 is 0 Å². The molecule has 0 N–H and O–H groups in total. The van der Waals surface area contributed by atoms with Gasteiger partial charge < -0.3 is 0 Å². The number of hydrogen-bond acceptors (Lipinski definition) is 2. The van der Waals surface area contributed by atoms with Crippen molar-refractivity contribution in [1.82, 2.24) is 0 Å². The summed E-state index contributed by atoms with van der Waals surface area (Å²) in [4.78, 5) is 0. The largest absolute Gasteiger partial charge is 0.143 e. The Morgan fingerprint density at radius 1 is 0.300 bits per heavy atom. The van der Waals surface area contributed by atoms with Gasteiger partial charge in [-0.1, -0.05) is 133 Å². The highest BCUT2D eigenvalue weighted by Crippen LogP contribution is 2.47. The summed E-state index contributed by atoms with van der Waals surface area (Å²) in [6.07, 6.45) is 0. The van der Waals surface area contributed by atoms with Gasteiger partial charge in [0, 0.05) is 35.8 Å². The van der Waals surface area contributed by atoms with Crippen LogP contribution in [0, 0.1) is 0 Å². The highest BCUT2D eigenvalue weighted by Gasteiger charge is 2.18. The van der Waals surface area contributed by atoms with E-state index in [1.165, 1.54) is 107 Å². The lowest BCUT2D eigenvalue weighted by Gasteiger charge is -2.18. The molecule has 0 aliphatic heterocycles.